The molecule has 4 aromatic rings. The normalized spacial score (nSPS) is 16.0. The van der Waals surface area contributed by atoms with E-state index in [1.54, 1.807) is 29.6 Å². The van der Waals surface area contributed by atoms with Crippen LogP contribution in [0.25, 0.3) is 11.0 Å². The molecule has 5 rings (SSSR count). The summed E-state index contributed by atoms with van der Waals surface area (Å²) in [6, 6.07) is 18.7. The van der Waals surface area contributed by atoms with Crippen LogP contribution in [0, 0.1) is 6.92 Å². The maximum atomic E-state index is 13.5. The summed E-state index contributed by atoms with van der Waals surface area (Å²) < 4.78 is 1.57. The first-order chi connectivity index (χ1) is 15.8. The van der Waals surface area contributed by atoms with Crippen molar-refractivity contribution >= 4 is 39.9 Å². The second-order valence-corrected chi connectivity index (χ2v) is 8.90. The quantitative estimate of drug-likeness (QED) is 0.498. The molecule has 1 aliphatic rings. The van der Waals surface area contributed by atoms with Gasteiger partial charge in [-0.2, -0.15) is 0 Å². The Balaban J connectivity index is 1.71. The largest absolute Gasteiger partial charge is 0.326 e. The van der Waals surface area contributed by atoms with Crippen LogP contribution >= 0.6 is 11.6 Å². The Hall–Kier alpha value is -3.64. The van der Waals surface area contributed by atoms with Gasteiger partial charge in [-0.3, -0.25) is 14.4 Å². The minimum Gasteiger partial charge on any atom is -0.313 e. The number of H-pyrrole nitrogens is 1. The smallest absolute Gasteiger partial charge is 0.313 e. The van der Waals surface area contributed by atoms with Crippen molar-refractivity contribution < 1.29 is 4.79 Å². The van der Waals surface area contributed by atoms with E-state index in [1.165, 1.54) is 0 Å². The number of anilines is 1. The fourth-order valence-electron chi connectivity index (χ4n) is 4.41. The molecule has 1 unspecified atom stereocenters. The van der Waals surface area contributed by atoms with Crippen LogP contribution in [-0.2, 0) is 18.3 Å². The number of likely N-dealkylation sites (N-methyl/N-ethyl adjacent to an activating group) is 1. The van der Waals surface area contributed by atoms with Crippen molar-refractivity contribution in [2.75, 3.05) is 11.9 Å². The van der Waals surface area contributed by atoms with Crippen LogP contribution in [0.15, 0.2) is 70.5 Å². The molecule has 0 saturated carbocycles. The molecule has 1 aromatic heterocycles. The van der Waals surface area contributed by atoms with E-state index in [9.17, 15) is 9.59 Å². The van der Waals surface area contributed by atoms with Crippen molar-refractivity contribution in [3.63, 3.8) is 0 Å². The van der Waals surface area contributed by atoms with Crippen LogP contribution in [0.5, 0.6) is 0 Å². The molecule has 1 atom stereocenters. The van der Waals surface area contributed by atoms with Crippen molar-refractivity contribution in [2.45, 2.75) is 19.4 Å². The van der Waals surface area contributed by atoms with Crippen molar-refractivity contribution in [1.82, 2.24) is 9.55 Å². The molecule has 1 amide bonds. The molecule has 0 bridgehead atoms. The number of nitrogens with zero attached hydrogens (tertiary/aromatic N) is 3. The van der Waals surface area contributed by atoms with Crippen LogP contribution in [0.2, 0.25) is 5.02 Å². The zero-order valence-corrected chi connectivity index (χ0v) is 19.3. The van der Waals surface area contributed by atoms with Gasteiger partial charge in [-0.25, -0.2) is 4.79 Å². The summed E-state index contributed by atoms with van der Waals surface area (Å²) in [6.07, 6.45) is 0.487. The van der Waals surface area contributed by atoms with Crippen LogP contribution in [0.3, 0.4) is 0 Å². The summed E-state index contributed by atoms with van der Waals surface area (Å²) in [5.74, 6) is -0.0785. The van der Waals surface area contributed by atoms with Gasteiger partial charge in [-0.15, -0.1) is 0 Å². The van der Waals surface area contributed by atoms with Gasteiger partial charge in [0.2, 0.25) is 0 Å². The lowest BCUT2D eigenvalue weighted by Crippen LogP contribution is -2.36. The molecule has 166 valence electrons. The molecule has 0 radical (unpaired) electrons. The number of halogens is 1. The fraction of sp³-hybridized carbons (Fsp3) is 0.192. The molecule has 1 N–H and O–H groups in total. The Morgan fingerprint density at radius 1 is 1.03 bits per heavy atom. The maximum absolute atomic E-state index is 13.5. The first-order valence-corrected chi connectivity index (χ1v) is 11.1. The fourth-order valence-corrected chi connectivity index (χ4v) is 4.58. The molecule has 2 heterocycles. The number of fused-ring (bicyclic) bond motifs is 2. The van der Waals surface area contributed by atoms with E-state index < -0.39 is 6.04 Å². The number of nitrogens with one attached hydrogen (secondary N) is 1. The van der Waals surface area contributed by atoms with Gasteiger partial charge < -0.3 is 9.88 Å². The maximum Gasteiger partial charge on any atom is 0.326 e. The topological polar surface area (TPSA) is 70.5 Å². The first kappa shape index (κ1) is 21.2. The van der Waals surface area contributed by atoms with Crippen molar-refractivity contribution in [3.05, 3.63) is 98.4 Å². The van der Waals surface area contributed by atoms with Gasteiger partial charge in [0.05, 0.1) is 22.4 Å². The average Bonchev–Trinajstić information content (AvgIpc) is 3.03. The SMILES string of the molecule is Cc1cccc(CC2N=C(c3ccc4[nH]c(=O)n(C)c4c3)c3cc(Cl)ccc3N(C)C2=O)c1. The predicted molar refractivity (Wildman–Crippen MR) is 133 cm³/mol. The number of benzene rings is 3. The number of amides is 1. The van der Waals surface area contributed by atoms with E-state index >= 15 is 0 Å². The predicted octanol–water partition coefficient (Wildman–Crippen LogP) is 4.25. The third-order valence-corrected chi connectivity index (χ3v) is 6.40. The number of aromatic amines is 1. The molecule has 0 fully saturated rings. The summed E-state index contributed by atoms with van der Waals surface area (Å²) in [5, 5.41) is 0.564. The number of aromatic nitrogens is 2. The second-order valence-electron chi connectivity index (χ2n) is 8.47. The minimum absolute atomic E-state index is 0.0785. The Morgan fingerprint density at radius 2 is 1.85 bits per heavy atom. The van der Waals surface area contributed by atoms with Crippen molar-refractivity contribution in [2.24, 2.45) is 12.0 Å². The molecular weight excluding hydrogens is 436 g/mol. The van der Waals surface area contributed by atoms with E-state index in [2.05, 4.69) is 11.1 Å². The Morgan fingerprint density at radius 3 is 2.64 bits per heavy atom. The highest BCUT2D eigenvalue weighted by Crippen LogP contribution is 2.31. The van der Waals surface area contributed by atoms with Crippen molar-refractivity contribution in [1.29, 1.82) is 0 Å². The molecular formula is C26H23ClN4O2. The number of imidazole rings is 1. The number of aryl methyl sites for hydroxylation is 2. The zero-order chi connectivity index (χ0) is 23.3. The highest BCUT2D eigenvalue weighted by atomic mass is 35.5. The van der Waals surface area contributed by atoms with Gasteiger partial charge in [-0.05, 0) is 42.8 Å². The number of carbonyl (C=O) groups excluding carboxylic acids is 1. The van der Waals surface area contributed by atoms with Gasteiger partial charge in [0.15, 0.2) is 0 Å². The van der Waals surface area contributed by atoms with Gasteiger partial charge in [0.25, 0.3) is 5.91 Å². The molecule has 0 spiro atoms. The summed E-state index contributed by atoms with van der Waals surface area (Å²) in [7, 11) is 3.50. The van der Waals surface area contributed by atoms with E-state index in [4.69, 9.17) is 16.6 Å². The molecule has 0 aliphatic carbocycles. The average molecular weight is 459 g/mol. The lowest BCUT2D eigenvalue weighted by atomic mass is 9.99. The van der Waals surface area contributed by atoms with Crippen molar-refractivity contribution in [3.8, 4) is 0 Å². The monoisotopic (exact) mass is 458 g/mol. The number of benzodiazepines with no additional fused rings is 1. The van der Waals surface area contributed by atoms with E-state index in [0.717, 1.165) is 39.0 Å². The highest BCUT2D eigenvalue weighted by molar-refractivity contribution is 6.32. The molecule has 3 aromatic carbocycles. The standard InChI is InChI=1S/C26H23ClN4O2/c1-15-5-4-6-16(11-15)12-21-25(32)30(2)22-10-8-18(27)14-19(22)24(28-21)17-7-9-20-23(13-17)31(3)26(33)29-20/h4-11,13-14,21H,12H2,1-3H3,(H,29,33). The van der Waals surface area contributed by atoms with Gasteiger partial charge in [0, 0.05) is 36.7 Å². The van der Waals surface area contributed by atoms with Crippen LogP contribution < -0.4 is 10.6 Å². The number of carbonyl (C=O) groups is 1. The highest BCUT2D eigenvalue weighted by Gasteiger charge is 2.30. The Bertz CT molecular complexity index is 1500. The number of aliphatic imine (C=N–C) groups is 1. The van der Waals surface area contributed by atoms with Crippen LogP contribution in [0.1, 0.15) is 22.3 Å². The Kier molecular flexibility index (Phi) is 5.17. The number of hydrogen-bond donors (Lipinski definition) is 1. The zero-order valence-electron chi connectivity index (χ0n) is 18.6. The summed E-state index contributed by atoms with van der Waals surface area (Å²) >= 11 is 6.37. The Labute approximate surface area is 196 Å². The van der Waals surface area contributed by atoms with Gasteiger partial charge >= 0.3 is 5.69 Å². The van der Waals surface area contributed by atoms with Crippen LogP contribution in [-0.4, -0.2) is 34.3 Å². The molecule has 6 nitrogen and oxygen atoms in total. The second kappa shape index (κ2) is 8.05. The number of rotatable bonds is 3. The summed E-state index contributed by atoms with van der Waals surface area (Å²) in [4.78, 5) is 35.1. The third kappa shape index (κ3) is 3.76. The van der Waals surface area contributed by atoms with E-state index in [-0.39, 0.29) is 11.6 Å². The molecule has 0 saturated heterocycles. The van der Waals surface area contributed by atoms with Gasteiger partial charge in [0.1, 0.15) is 6.04 Å². The summed E-state index contributed by atoms with van der Waals surface area (Å²) in [6.45, 7) is 2.04. The van der Waals surface area contributed by atoms with E-state index in [0.29, 0.717) is 17.2 Å². The lowest BCUT2D eigenvalue weighted by molar-refractivity contribution is -0.119. The lowest BCUT2D eigenvalue weighted by Gasteiger charge is -2.20. The summed E-state index contributed by atoms with van der Waals surface area (Å²) in [5.41, 5.74) is 6.55. The third-order valence-electron chi connectivity index (χ3n) is 6.17. The number of hydrogen-bond acceptors (Lipinski definition) is 3. The molecule has 33 heavy (non-hydrogen) atoms. The minimum atomic E-state index is -0.594. The molecule has 1 aliphatic heterocycles. The first-order valence-electron chi connectivity index (χ1n) is 10.7. The van der Waals surface area contributed by atoms with Crippen LogP contribution in [0.4, 0.5) is 5.69 Å². The van der Waals surface area contributed by atoms with Gasteiger partial charge in [-0.1, -0.05) is 47.5 Å². The molecule has 7 heteroatoms. The van der Waals surface area contributed by atoms with E-state index in [1.807, 2.05) is 55.5 Å².